The Bertz CT molecular complexity index is 557. The molecule has 1 heterocycles. The van der Waals surface area contributed by atoms with Crippen molar-refractivity contribution in [3.05, 3.63) is 40.1 Å². The molecule has 1 aromatic carbocycles. The summed E-state index contributed by atoms with van der Waals surface area (Å²) in [5.74, 6) is 0.828. The summed E-state index contributed by atoms with van der Waals surface area (Å²) in [7, 11) is 0. The lowest BCUT2D eigenvalue weighted by atomic mass is 10.2. The predicted molar refractivity (Wildman–Crippen MR) is 70.9 cm³/mol. The SMILES string of the molecule is Cc1ccc(Cl)c(Nc2cncc(N)n2)c1Cl. The van der Waals surface area contributed by atoms with E-state index in [1.54, 1.807) is 12.3 Å². The van der Waals surface area contributed by atoms with Crippen LogP contribution in [0.1, 0.15) is 5.56 Å². The van der Waals surface area contributed by atoms with Gasteiger partial charge in [-0.05, 0) is 18.6 Å². The summed E-state index contributed by atoms with van der Waals surface area (Å²) in [6.07, 6.45) is 3.01. The Morgan fingerprint density at radius 2 is 2.00 bits per heavy atom. The van der Waals surface area contributed by atoms with Gasteiger partial charge in [0.2, 0.25) is 0 Å². The van der Waals surface area contributed by atoms with E-state index < -0.39 is 0 Å². The summed E-state index contributed by atoms with van der Waals surface area (Å²) >= 11 is 12.2. The molecule has 17 heavy (non-hydrogen) atoms. The summed E-state index contributed by atoms with van der Waals surface area (Å²) in [6, 6.07) is 3.62. The molecule has 0 saturated heterocycles. The van der Waals surface area contributed by atoms with Crippen molar-refractivity contribution in [1.29, 1.82) is 0 Å². The van der Waals surface area contributed by atoms with Crippen molar-refractivity contribution in [2.75, 3.05) is 11.1 Å². The van der Waals surface area contributed by atoms with Crippen LogP contribution in [-0.4, -0.2) is 9.97 Å². The Balaban J connectivity index is 2.39. The van der Waals surface area contributed by atoms with Crippen molar-refractivity contribution in [1.82, 2.24) is 9.97 Å². The van der Waals surface area contributed by atoms with Crippen molar-refractivity contribution < 1.29 is 0 Å². The molecule has 1 aromatic heterocycles. The number of anilines is 3. The van der Waals surface area contributed by atoms with Crippen LogP contribution < -0.4 is 11.1 Å². The van der Waals surface area contributed by atoms with Crippen LogP contribution in [0.3, 0.4) is 0 Å². The van der Waals surface area contributed by atoms with E-state index in [1.807, 2.05) is 13.0 Å². The number of benzene rings is 1. The number of nitrogens with zero attached hydrogens (tertiary/aromatic N) is 2. The summed E-state index contributed by atoms with van der Waals surface area (Å²) in [6.45, 7) is 1.90. The fourth-order valence-corrected chi connectivity index (χ4v) is 1.81. The Morgan fingerprint density at radius 3 is 2.71 bits per heavy atom. The maximum Gasteiger partial charge on any atom is 0.151 e. The highest BCUT2D eigenvalue weighted by Crippen LogP contribution is 2.34. The van der Waals surface area contributed by atoms with Gasteiger partial charge in [0.05, 0.1) is 28.1 Å². The van der Waals surface area contributed by atoms with Gasteiger partial charge < -0.3 is 11.1 Å². The van der Waals surface area contributed by atoms with Gasteiger partial charge in [-0.15, -0.1) is 0 Å². The highest BCUT2D eigenvalue weighted by molar-refractivity contribution is 6.39. The van der Waals surface area contributed by atoms with Crippen molar-refractivity contribution >= 4 is 40.5 Å². The molecule has 0 radical (unpaired) electrons. The average molecular weight is 269 g/mol. The first-order chi connectivity index (χ1) is 8.08. The van der Waals surface area contributed by atoms with Gasteiger partial charge in [-0.25, -0.2) is 4.98 Å². The highest BCUT2D eigenvalue weighted by atomic mass is 35.5. The van der Waals surface area contributed by atoms with E-state index in [9.17, 15) is 0 Å². The van der Waals surface area contributed by atoms with Crippen molar-refractivity contribution in [3.63, 3.8) is 0 Å². The number of nitrogens with two attached hydrogens (primary N) is 1. The van der Waals surface area contributed by atoms with E-state index in [-0.39, 0.29) is 0 Å². The Labute approximate surface area is 109 Å². The predicted octanol–water partition coefficient (Wildman–Crippen LogP) is 3.42. The molecule has 0 spiro atoms. The number of nitrogen functional groups attached to an aromatic ring is 1. The van der Waals surface area contributed by atoms with E-state index in [0.717, 1.165) is 5.56 Å². The molecular weight excluding hydrogens is 259 g/mol. The third-order valence-electron chi connectivity index (χ3n) is 2.19. The van der Waals surface area contributed by atoms with Crippen LogP contribution in [0.15, 0.2) is 24.5 Å². The zero-order chi connectivity index (χ0) is 12.4. The molecule has 6 heteroatoms. The van der Waals surface area contributed by atoms with Crippen molar-refractivity contribution in [3.8, 4) is 0 Å². The van der Waals surface area contributed by atoms with Gasteiger partial charge in [-0.1, -0.05) is 29.3 Å². The number of hydrogen-bond donors (Lipinski definition) is 2. The number of halogens is 2. The zero-order valence-corrected chi connectivity index (χ0v) is 10.5. The fraction of sp³-hybridized carbons (Fsp3) is 0.0909. The molecule has 4 nitrogen and oxygen atoms in total. The lowest BCUT2D eigenvalue weighted by Crippen LogP contribution is -1.99. The van der Waals surface area contributed by atoms with Crippen molar-refractivity contribution in [2.24, 2.45) is 0 Å². The monoisotopic (exact) mass is 268 g/mol. The molecule has 0 aliphatic carbocycles. The molecule has 0 amide bonds. The first kappa shape index (κ1) is 12.0. The summed E-state index contributed by atoms with van der Waals surface area (Å²) < 4.78 is 0. The smallest absolute Gasteiger partial charge is 0.151 e. The molecule has 88 valence electrons. The first-order valence-corrected chi connectivity index (χ1v) is 5.62. The highest BCUT2D eigenvalue weighted by Gasteiger charge is 2.09. The molecule has 3 N–H and O–H groups in total. The largest absolute Gasteiger partial charge is 0.382 e. The van der Waals surface area contributed by atoms with Crippen LogP contribution >= 0.6 is 23.2 Å². The van der Waals surface area contributed by atoms with E-state index in [1.165, 1.54) is 6.20 Å². The fourth-order valence-electron chi connectivity index (χ4n) is 1.34. The van der Waals surface area contributed by atoms with E-state index in [4.69, 9.17) is 28.9 Å². The molecule has 0 bridgehead atoms. The summed E-state index contributed by atoms with van der Waals surface area (Å²) in [5.41, 5.74) is 7.07. The second-order valence-corrected chi connectivity index (χ2v) is 4.29. The average Bonchev–Trinajstić information content (AvgIpc) is 2.30. The van der Waals surface area contributed by atoms with Crippen LogP contribution in [-0.2, 0) is 0 Å². The summed E-state index contributed by atoms with van der Waals surface area (Å²) in [4.78, 5) is 7.99. The second kappa shape index (κ2) is 4.77. The Morgan fingerprint density at radius 1 is 1.24 bits per heavy atom. The lowest BCUT2D eigenvalue weighted by Gasteiger charge is -2.11. The topological polar surface area (TPSA) is 63.8 Å². The lowest BCUT2D eigenvalue weighted by molar-refractivity contribution is 1.21. The standard InChI is InChI=1S/C11H10Cl2N4/c1-6-2-3-7(12)11(10(6)13)17-9-5-15-4-8(14)16-9/h2-5H,1H3,(H3,14,16,17). The van der Waals surface area contributed by atoms with Crippen LogP contribution in [0.4, 0.5) is 17.3 Å². The van der Waals surface area contributed by atoms with E-state index in [0.29, 0.717) is 27.4 Å². The first-order valence-electron chi connectivity index (χ1n) is 4.87. The third kappa shape index (κ3) is 2.60. The minimum atomic E-state index is 0.329. The summed E-state index contributed by atoms with van der Waals surface area (Å²) in [5, 5.41) is 4.08. The van der Waals surface area contributed by atoms with Gasteiger partial charge >= 0.3 is 0 Å². The van der Waals surface area contributed by atoms with Crippen molar-refractivity contribution in [2.45, 2.75) is 6.92 Å². The normalized spacial score (nSPS) is 10.3. The van der Waals surface area contributed by atoms with Crippen LogP contribution in [0, 0.1) is 6.92 Å². The Kier molecular flexibility index (Phi) is 3.36. The third-order valence-corrected chi connectivity index (χ3v) is 2.99. The Hall–Kier alpha value is -1.52. The van der Waals surface area contributed by atoms with Gasteiger partial charge in [0.15, 0.2) is 5.82 Å². The number of aryl methyl sites for hydroxylation is 1. The minimum absolute atomic E-state index is 0.329. The molecule has 0 unspecified atom stereocenters. The molecule has 2 aromatic rings. The van der Waals surface area contributed by atoms with Crippen LogP contribution in [0.2, 0.25) is 10.0 Å². The van der Waals surface area contributed by atoms with Gasteiger partial charge in [0.25, 0.3) is 0 Å². The number of nitrogens with one attached hydrogen (secondary N) is 1. The second-order valence-electron chi connectivity index (χ2n) is 3.51. The molecule has 0 aliphatic heterocycles. The quantitative estimate of drug-likeness (QED) is 0.876. The molecule has 2 rings (SSSR count). The van der Waals surface area contributed by atoms with Gasteiger partial charge in [-0.3, -0.25) is 4.98 Å². The zero-order valence-electron chi connectivity index (χ0n) is 9.04. The molecular formula is C11H10Cl2N4. The maximum atomic E-state index is 6.16. The van der Waals surface area contributed by atoms with Crippen LogP contribution in [0.5, 0.6) is 0 Å². The van der Waals surface area contributed by atoms with E-state index >= 15 is 0 Å². The maximum absolute atomic E-state index is 6.16. The molecule has 0 saturated carbocycles. The van der Waals surface area contributed by atoms with E-state index in [2.05, 4.69) is 15.3 Å². The van der Waals surface area contributed by atoms with Gasteiger partial charge in [0.1, 0.15) is 5.82 Å². The molecule has 0 atom stereocenters. The van der Waals surface area contributed by atoms with Gasteiger partial charge in [-0.2, -0.15) is 0 Å². The number of aromatic nitrogens is 2. The van der Waals surface area contributed by atoms with Gasteiger partial charge in [0, 0.05) is 0 Å². The number of hydrogen-bond acceptors (Lipinski definition) is 4. The number of rotatable bonds is 2. The molecule has 0 aliphatic rings. The minimum Gasteiger partial charge on any atom is -0.382 e. The van der Waals surface area contributed by atoms with Crippen LogP contribution in [0.25, 0.3) is 0 Å². The molecule has 0 fully saturated rings.